The topological polar surface area (TPSA) is 176 Å². The number of hydrogen-bond acceptors (Lipinski definition) is 10. The first kappa shape index (κ1) is 53.1. The van der Waals surface area contributed by atoms with Gasteiger partial charge in [-0.3, -0.25) is 24.0 Å². The van der Waals surface area contributed by atoms with Crippen molar-refractivity contribution in [2.45, 2.75) is 143 Å². The molecule has 0 bridgehead atoms. The van der Waals surface area contributed by atoms with Crippen LogP contribution in [0.1, 0.15) is 93.6 Å². The molecule has 1 aliphatic heterocycles. The molecule has 61 heavy (non-hydrogen) atoms. The van der Waals surface area contributed by atoms with E-state index < -0.39 is 72.2 Å². The van der Waals surface area contributed by atoms with Crippen molar-refractivity contribution in [1.29, 1.82) is 0 Å². The van der Waals surface area contributed by atoms with Crippen LogP contribution >= 0.6 is 0 Å². The molecule has 15 heteroatoms. The largest absolute Gasteiger partial charge is 0.467 e. The quantitative estimate of drug-likeness (QED) is 0.130. The number of methoxy groups -OCH3 is 3. The molecule has 0 spiro atoms. The molecule has 15 nitrogen and oxygen atoms in total. The Labute approximate surface area is 365 Å². The second kappa shape index (κ2) is 25.1. The third-order valence-corrected chi connectivity index (χ3v) is 12.5. The van der Waals surface area contributed by atoms with Crippen LogP contribution in [0.25, 0.3) is 0 Å². The number of rotatable bonds is 24. The Morgan fingerprint density at radius 3 is 1.87 bits per heavy atom. The van der Waals surface area contributed by atoms with Crippen LogP contribution in [0.3, 0.4) is 0 Å². The predicted octanol–water partition coefficient (Wildman–Crippen LogP) is 3.68. The Bertz CT molecular complexity index is 1580. The van der Waals surface area contributed by atoms with Gasteiger partial charge in [0.15, 0.2) is 0 Å². The van der Waals surface area contributed by atoms with Crippen LogP contribution in [0.5, 0.6) is 0 Å². The van der Waals surface area contributed by atoms with Crippen LogP contribution < -0.4 is 16.0 Å². The fourth-order valence-corrected chi connectivity index (χ4v) is 8.79. The number of amides is 5. The van der Waals surface area contributed by atoms with Gasteiger partial charge in [0.2, 0.25) is 29.5 Å². The molecule has 0 saturated carbocycles. The highest BCUT2D eigenvalue weighted by Crippen LogP contribution is 2.30. The minimum atomic E-state index is -0.920. The van der Waals surface area contributed by atoms with Crippen molar-refractivity contribution in [2.24, 2.45) is 29.6 Å². The lowest BCUT2D eigenvalue weighted by Gasteiger charge is -2.41. The van der Waals surface area contributed by atoms with Gasteiger partial charge < -0.3 is 44.9 Å². The Kier molecular flexibility index (Phi) is 21.9. The van der Waals surface area contributed by atoms with Crippen LogP contribution in [0.15, 0.2) is 30.3 Å². The molecule has 1 heterocycles. The number of likely N-dealkylation sites (tertiary alicyclic amines) is 1. The monoisotopic (exact) mass is 859 g/mol. The normalized spacial score (nSPS) is 18.7. The Morgan fingerprint density at radius 1 is 0.787 bits per heavy atom. The van der Waals surface area contributed by atoms with E-state index in [0.717, 1.165) is 5.56 Å². The predicted molar refractivity (Wildman–Crippen MR) is 236 cm³/mol. The zero-order valence-electron chi connectivity index (χ0n) is 39.7. The van der Waals surface area contributed by atoms with Crippen molar-refractivity contribution in [2.75, 3.05) is 49.0 Å². The number of carbonyl (C=O) groups excluding carboxylic acids is 6. The molecule has 10 atom stereocenters. The van der Waals surface area contributed by atoms with E-state index >= 15 is 0 Å². The van der Waals surface area contributed by atoms with Crippen LogP contribution in [-0.2, 0) is 49.4 Å². The minimum Gasteiger partial charge on any atom is -0.467 e. The van der Waals surface area contributed by atoms with Crippen LogP contribution in [0, 0.1) is 29.6 Å². The number of likely N-dealkylation sites (N-methyl/N-ethyl adjacent to an activating group) is 3. The average Bonchev–Trinajstić information content (AvgIpc) is 3.71. The summed E-state index contributed by atoms with van der Waals surface area (Å²) >= 11 is 0. The Morgan fingerprint density at radius 2 is 1.38 bits per heavy atom. The SMILES string of the molecule is CCC(C)C(C(CC(=O)N1CCCC1C(OC)C(C)C(=O)NC(Cc1ccccc1)C(=O)OC)OC)N(C)C(=O)C(NC(=O)C(C(C)C)N(C)C(=O)C(NC)C(C)C)C(C)C. The molecule has 1 fully saturated rings. The first-order valence-electron chi connectivity index (χ1n) is 22.0. The number of hydrogen-bond donors (Lipinski definition) is 3. The molecule has 10 unspecified atom stereocenters. The smallest absolute Gasteiger partial charge is 0.328 e. The van der Waals surface area contributed by atoms with Gasteiger partial charge in [-0.2, -0.15) is 0 Å². The Hall–Kier alpha value is -4.08. The summed E-state index contributed by atoms with van der Waals surface area (Å²) in [6, 6.07) is 5.25. The average molecular weight is 859 g/mol. The first-order chi connectivity index (χ1) is 28.7. The number of esters is 1. The zero-order chi connectivity index (χ0) is 46.3. The Balaban J connectivity index is 2.33. The highest BCUT2D eigenvalue weighted by molar-refractivity contribution is 5.93. The maximum Gasteiger partial charge on any atom is 0.328 e. The van der Waals surface area contributed by atoms with Gasteiger partial charge >= 0.3 is 5.97 Å². The van der Waals surface area contributed by atoms with E-state index in [4.69, 9.17) is 14.2 Å². The van der Waals surface area contributed by atoms with E-state index in [1.807, 2.05) is 85.7 Å². The molecule has 1 aromatic rings. The standard InChI is InChI=1S/C46H78N6O9/c1-16-30(8)40(51(12)45(57)38(28(4)5)49-43(55)39(29(6)7)50(11)44(56)37(47-10)27(2)3)35(59-13)26-36(53)52-24-20-23-34(52)41(60-14)31(9)42(54)48-33(46(58)61-15)25-32-21-18-17-19-22-32/h17-19,21-22,27-31,33-35,37-41,47H,16,20,23-26H2,1-15H3,(H,48,54)(H,49,55). The summed E-state index contributed by atoms with van der Waals surface area (Å²) in [6.45, 7) is 17.6. The van der Waals surface area contributed by atoms with Gasteiger partial charge in [0.05, 0.1) is 49.8 Å². The van der Waals surface area contributed by atoms with E-state index in [9.17, 15) is 28.8 Å². The molecule has 1 aliphatic rings. The summed E-state index contributed by atoms with van der Waals surface area (Å²) in [4.78, 5) is 87.7. The molecule has 0 aromatic heterocycles. The third kappa shape index (κ3) is 14.0. The van der Waals surface area contributed by atoms with Gasteiger partial charge in [-0.1, -0.05) is 99.1 Å². The van der Waals surface area contributed by atoms with Crippen molar-refractivity contribution < 1.29 is 43.0 Å². The molecule has 346 valence electrons. The lowest BCUT2D eigenvalue weighted by atomic mass is 9.89. The van der Waals surface area contributed by atoms with Crippen molar-refractivity contribution >= 4 is 35.5 Å². The highest BCUT2D eigenvalue weighted by atomic mass is 16.5. The molecule has 3 N–H and O–H groups in total. The van der Waals surface area contributed by atoms with Crippen LogP contribution in [0.2, 0.25) is 0 Å². The summed E-state index contributed by atoms with van der Waals surface area (Å²) in [5, 5.41) is 8.92. The second-order valence-corrected chi connectivity index (χ2v) is 17.7. The van der Waals surface area contributed by atoms with Crippen LogP contribution in [0.4, 0.5) is 0 Å². The maximum absolute atomic E-state index is 14.5. The van der Waals surface area contributed by atoms with E-state index in [-0.39, 0.29) is 54.2 Å². The van der Waals surface area contributed by atoms with Gasteiger partial charge in [-0.15, -0.1) is 0 Å². The lowest BCUT2D eigenvalue weighted by Crippen LogP contribution is -2.61. The summed E-state index contributed by atoms with van der Waals surface area (Å²) in [7, 11) is 9.36. The molecule has 2 rings (SSSR count). The number of nitrogens with zero attached hydrogens (tertiary/aromatic N) is 3. The van der Waals surface area contributed by atoms with Gasteiger partial charge in [-0.25, -0.2) is 4.79 Å². The van der Waals surface area contributed by atoms with E-state index in [2.05, 4.69) is 16.0 Å². The van der Waals surface area contributed by atoms with E-state index in [0.29, 0.717) is 25.8 Å². The lowest BCUT2D eigenvalue weighted by molar-refractivity contribution is -0.149. The summed E-state index contributed by atoms with van der Waals surface area (Å²) in [6.07, 6.45) is 0.826. The molecular formula is C46H78N6O9. The van der Waals surface area contributed by atoms with Gasteiger partial charge in [-0.05, 0) is 49.1 Å². The molecular weight excluding hydrogens is 781 g/mol. The highest BCUT2D eigenvalue weighted by Gasteiger charge is 2.44. The molecule has 1 saturated heterocycles. The molecule has 1 aromatic carbocycles. The van der Waals surface area contributed by atoms with Crippen molar-refractivity contribution in [3.63, 3.8) is 0 Å². The summed E-state index contributed by atoms with van der Waals surface area (Å²) in [5.41, 5.74) is 0.864. The minimum absolute atomic E-state index is 0.00169. The zero-order valence-corrected chi connectivity index (χ0v) is 39.7. The van der Waals surface area contributed by atoms with Crippen LogP contribution in [-0.4, -0.2) is 148 Å². The molecule has 5 amide bonds. The number of carbonyl (C=O) groups is 6. The van der Waals surface area contributed by atoms with Crippen molar-refractivity contribution in [1.82, 2.24) is 30.7 Å². The van der Waals surface area contributed by atoms with E-state index in [1.54, 1.807) is 37.9 Å². The van der Waals surface area contributed by atoms with E-state index in [1.165, 1.54) is 26.2 Å². The van der Waals surface area contributed by atoms with Crippen molar-refractivity contribution in [3.05, 3.63) is 35.9 Å². The molecule has 0 radical (unpaired) electrons. The van der Waals surface area contributed by atoms with Gasteiger partial charge in [0.25, 0.3) is 0 Å². The number of nitrogens with one attached hydrogen (secondary N) is 3. The van der Waals surface area contributed by atoms with Gasteiger partial charge in [0.1, 0.15) is 18.1 Å². The summed E-state index contributed by atoms with van der Waals surface area (Å²) in [5.74, 6) is -3.47. The maximum atomic E-state index is 14.5. The van der Waals surface area contributed by atoms with Crippen molar-refractivity contribution in [3.8, 4) is 0 Å². The first-order valence-corrected chi connectivity index (χ1v) is 22.0. The fraction of sp³-hybridized carbons (Fsp3) is 0.739. The third-order valence-electron chi connectivity index (χ3n) is 12.5. The fourth-order valence-electron chi connectivity index (χ4n) is 8.79. The van der Waals surface area contributed by atoms with Gasteiger partial charge in [0, 0.05) is 41.3 Å². The number of benzene rings is 1. The molecule has 0 aliphatic carbocycles. The summed E-state index contributed by atoms with van der Waals surface area (Å²) < 4.78 is 17.0. The number of ether oxygens (including phenoxy) is 3. The second-order valence-electron chi connectivity index (χ2n) is 17.7.